The maximum Gasteiger partial charge on any atom is 0.142 e. The maximum atomic E-state index is 10.1. The molecular formula is C19H18N2O2. The van der Waals surface area contributed by atoms with E-state index in [9.17, 15) is 10.2 Å². The molecule has 0 aliphatic rings. The quantitative estimate of drug-likeness (QED) is 0.721. The average molecular weight is 306 g/mol. The Balaban J connectivity index is 1.99. The third-order valence-electron chi connectivity index (χ3n) is 3.75. The van der Waals surface area contributed by atoms with E-state index in [-0.39, 0.29) is 11.5 Å². The molecule has 0 spiro atoms. The van der Waals surface area contributed by atoms with Crippen LogP contribution >= 0.6 is 0 Å². The number of aromatic hydroxyl groups is 2. The second kappa shape index (κ2) is 6.01. The van der Waals surface area contributed by atoms with Gasteiger partial charge in [-0.15, -0.1) is 0 Å². The van der Waals surface area contributed by atoms with Crippen molar-refractivity contribution >= 4 is 28.7 Å². The van der Waals surface area contributed by atoms with Crippen LogP contribution in [0.2, 0.25) is 0 Å². The lowest BCUT2D eigenvalue weighted by Crippen LogP contribution is -2.07. The molecule has 2 aromatic carbocycles. The summed E-state index contributed by atoms with van der Waals surface area (Å²) in [7, 11) is 4.01. The third kappa shape index (κ3) is 2.97. The van der Waals surface area contributed by atoms with Gasteiger partial charge in [0.15, 0.2) is 0 Å². The number of fused-ring (bicyclic) bond motifs is 1. The van der Waals surface area contributed by atoms with E-state index in [1.165, 1.54) is 12.1 Å². The van der Waals surface area contributed by atoms with Crippen LogP contribution in [0.4, 0.5) is 5.69 Å². The van der Waals surface area contributed by atoms with Crippen LogP contribution in [0.15, 0.2) is 48.7 Å². The van der Waals surface area contributed by atoms with Gasteiger partial charge in [-0.1, -0.05) is 24.3 Å². The molecule has 3 rings (SSSR count). The van der Waals surface area contributed by atoms with Crippen molar-refractivity contribution in [2.75, 3.05) is 19.0 Å². The molecule has 4 nitrogen and oxygen atoms in total. The smallest absolute Gasteiger partial charge is 0.142 e. The molecule has 0 saturated carbocycles. The van der Waals surface area contributed by atoms with Gasteiger partial charge in [0.2, 0.25) is 0 Å². The fraction of sp³-hybridized carbons (Fsp3) is 0.105. The highest BCUT2D eigenvalue weighted by atomic mass is 16.3. The molecule has 0 unspecified atom stereocenters. The Hall–Kier alpha value is -3.01. The number of hydrogen-bond acceptors (Lipinski definition) is 4. The summed E-state index contributed by atoms with van der Waals surface area (Å²) in [5.41, 5.74) is 3.40. The molecule has 116 valence electrons. The van der Waals surface area contributed by atoms with E-state index < -0.39 is 0 Å². The van der Waals surface area contributed by atoms with Gasteiger partial charge in [0.25, 0.3) is 0 Å². The first-order chi connectivity index (χ1) is 11.1. The standard InChI is InChI=1S/C19H18N2O2/c1-21(2)15-7-4-13(5-8-15)3-6-14-11-12-20-19-17(23)10-9-16(22)18(14)19/h3-12,22-23H,1-2H3. The lowest BCUT2D eigenvalue weighted by atomic mass is 10.1. The molecule has 0 atom stereocenters. The first-order valence-electron chi connectivity index (χ1n) is 7.31. The lowest BCUT2D eigenvalue weighted by Gasteiger charge is -2.11. The highest BCUT2D eigenvalue weighted by Crippen LogP contribution is 2.33. The van der Waals surface area contributed by atoms with Gasteiger partial charge in [-0.2, -0.15) is 0 Å². The minimum atomic E-state index is 0.0587. The van der Waals surface area contributed by atoms with E-state index in [2.05, 4.69) is 4.98 Å². The van der Waals surface area contributed by atoms with Gasteiger partial charge in [0.05, 0.1) is 5.39 Å². The summed E-state index contributed by atoms with van der Waals surface area (Å²) in [5, 5.41) is 20.5. The summed E-state index contributed by atoms with van der Waals surface area (Å²) >= 11 is 0. The van der Waals surface area contributed by atoms with Crippen molar-refractivity contribution in [2.45, 2.75) is 0 Å². The Morgan fingerprint density at radius 2 is 1.57 bits per heavy atom. The fourth-order valence-electron chi connectivity index (χ4n) is 2.47. The van der Waals surface area contributed by atoms with Crippen molar-refractivity contribution < 1.29 is 10.2 Å². The number of pyridine rings is 1. The number of anilines is 1. The molecule has 0 aliphatic carbocycles. The van der Waals surface area contributed by atoms with Crippen molar-refractivity contribution in [2.24, 2.45) is 0 Å². The topological polar surface area (TPSA) is 56.6 Å². The zero-order valence-corrected chi connectivity index (χ0v) is 13.1. The zero-order chi connectivity index (χ0) is 16.4. The first kappa shape index (κ1) is 14.9. The monoisotopic (exact) mass is 306 g/mol. The molecule has 0 radical (unpaired) electrons. The van der Waals surface area contributed by atoms with Crippen LogP contribution in [0.5, 0.6) is 11.5 Å². The minimum Gasteiger partial charge on any atom is -0.507 e. The van der Waals surface area contributed by atoms with Gasteiger partial charge >= 0.3 is 0 Å². The molecule has 0 fully saturated rings. The molecular weight excluding hydrogens is 288 g/mol. The molecule has 2 N–H and O–H groups in total. The summed E-state index contributed by atoms with van der Waals surface area (Å²) in [6.45, 7) is 0. The number of phenolic OH excluding ortho intramolecular Hbond substituents is 2. The van der Waals surface area contributed by atoms with Crippen molar-refractivity contribution in [1.82, 2.24) is 4.98 Å². The Kier molecular flexibility index (Phi) is 3.89. The number of phenols is 2. The van der Waals surface area contributed by atoms with Crippen molar-refractivity contribution in [1.29, 1.82) is 0 Å². The molecule has 1 aromatic heterocycles. The number of hydrogen-bond donors (Lipinski definition) is 2. The molecule has 3 aromatic rings. The van der Waals surface area contributed by atoms with Gasteiger partial charge < -0.3 is 15.1 Å². The molecule has 0 aliphatic heterocycles. The van der Waals surface area contributed by atoms with Gasteiger partial charge in [-0.05, 0) is 41.5 Å². The number of aromatic nitrogens is 1. The van der Waals surface area contributed by atoms with E-state index in [1.54, 1.807) is 6.20 Å². The number of nitrogens with zero attached hydrogens (tertiary/aromatic N) is 2. The summed E-state index contributed by atoms with van der Waals surface area (Å²) in [4.78, 5) is 6.19. The second-order valence-corrected chi connectivity index (χ2v) is 5.55. The van der Waals surface area contributed by atoms with Crippen LogP contribution in [0.1, 0.15) is 11.1 Å². The van der Waals surface area contributed by atoms with Crippen molar-refractivity contribution in [3.63, 3.8) is 0 Å². The normalized spacial score (nSPS) is 11.2. The Bertz CT molecular complexity index is 868. The largest absolute Gasteiger partial charge is 0.507 e. The van der Waals surface area contributed by atoms with Gasteiger partial charge in [-0.3, -0.25) is 4.98 Å². The fourth-order valence-corrected chi connectivity index (χ4v) is 2.47. The SMILES string of the molecule is CN(C)c1ccc(C=Cc2ccnc3c(O)ccc(O)c23)cc1. The summed E-state index contributed by atoms with van der Waals surface area (Å²) in [5.74, 6) is 0.164. The Labute approximate surface area is 135 Å². The predicted molar refractivity (Wildman–Crippen MR) is 94.8 cm³/mol. The third-order valence-corrected chi connectivity index (χ3v) is 3.75. The molecule has 1 heterocycles. The number of benzene rings is 2. The minimum absolute atomic E-state index is 0.0587. The average Bonchev–Trinajstić information content (AvgIpc) is 2.56. The van der Waals surface area contributed by atoms with E-state index in [0.717, 1.165) is 16.8 Å². The van der Waals surface area contributed by atoms with Crippen molar-refractivity contribution in [3.8, 4) is 11.5 Å². The van der Waals surface area contributed by atoms with Crippen LogP contribution in [0.3, 0.4) is 0 Å². The van der Waals surface area contributed by atoms with Crippen LogP contribution in [0.25, 0.3) is 23.1 Å². The maximum absolute atomic E-state index is 10.1. The van der Waals surface area contributed by atoms with Crippen LogP contribution in [0, 0.1) is 0 Å². The summed E-state index contributed by atoms with van der Waals surface area (Å²) < 4.78 is 0. The molecule has 0 bridgehead atoms. The Morgan fingerprint density at radius 3 is 2.26 bits per heavy atom. The highest BCUT2D eigenvalue weighted by molar-refractivity contribution is 5.97. The lowest BCUT2D eigenvalue weighted by molar-refractivity contribution is 0.468. The molecule has 23 heavy (non-hydrogen) atoms. The van der Waals surface area contributed by atoms with Crippen LogP contribution < -0.4 is 4.90 Å². The Morgan fingerprint density at radius 1 is 0.870 bits per heavy atom. The molecule has 0 amide bonds. The van der Waals surface area contributed by atoms with Crippen LogP contribution in [-0.4, -0.2) is 29.3 Å². The van der Waals surface area contributed by atoms with E-state index in [0.29, 0.717) is 10.9 Å². The zero-order valence-electron chi connectivity index (χ0n) is 13.1. The highest BCUT2D eigenvalue weighted by Gasteiger charge is 2.08. The van der Waals surface area contributed by atoms with Gasteiger partial charge in [-0.25, -0.2) is 0 Å². The molecule has 4 heteroatoms. The predicted octanol–water partition coefficient (Wildman–Crippen LogP) is 3.88. The summed E-state index contributed by atoms with van der Waals surface area (Å²) in [6.07, 6.45) is 5.50. The summed E-state index contributed by atoms with van der Waals surface area (Å²) in [6, 6.07) is 12.9. The van der Waals surface area contributed by atoms with Gasteiger partial charge in [0, 0.05) is 26.0 Å². The number of rotatable bonds is 3. The van der Waals surface area contributed by atoms with E-state index >= 15 is 0 Å². The van der Waals surface area contributed by atoms with Crippen LogP contribution in [-0.2, 0) is 0 Å². The van der Waals surface area contributed by atoms with Crippen molar-refractivity contribution in [3.05, 3.63) is 59.8 Å². The molecule has 0 saturated heterocycles. The van der Waals surface area contributed by atoms with E-state index in [1.807, 2.05) is 61.5 Å². The second-order valence-electron chi connectivity index (χ2n) is 5.55. The van der Waals surface area contributed by atoms with E-state index in [4.69, 9.17) is 0 Å². The first-order valence-corrected chi connectivity index (χ1v) is 7.31. The van der Waals surface area contributed by atoms with Gasteiger partial charge in [0.1, 0.15) is 17.0 Å².